The average Bonchev–Trinajstić information content (AvgIpc) is 3.00. The third kappa shape index (κ3) is 1.63. The normalized spacial score (nSPS) is 32.2. The third-order valence-corrected chi connectivity index (χ3v) is 4.75. The van der Waals surface area contributed by atoms with E-state index in [2.05, 4.69) is 4.98 Å². The predicted octanol–water partition coefficient (Wildman–Crippen LogP) is 1.59. The fourth-order valence-corrected chi connectivity index (χ4v) is 3.69. The first kappa shape index (κ1) is 13.5. The van der Waals surface area contributed by atoms with Gasteiger partial charge in [0.1, 0.15) is 6.10 Å². The lowest BCUT2D eigenvalue weighted by Crippen LogP contribution is -2.42. The molecule has 0 bridgehead atoms. The Bertz CT molecular complexity index is 705. The second kappa shape index (κ2) is 4.69. The van der Waals surface area contributed by atoms with Gasteiger partial charge in [0.2, 0.25) is 0 Å². The molecule has 22 heavy (non-hydrogen) atoms. The van der Waals surface area contributed by atoms with Crippen LogP contribution in [-0.4, -0.2) is 34.5 Å². The van der Waals surface area contributed by atoms with E-state index in [4.69, 9.17) is 9.47 Å². The zero-order chi connectivity index (χ0) is 15.3. The van der Waals surface area contributed by atoms with E-state index in [1.807, 2.05) is 30.3 Å². The molecule has 0 spiro atoms. The van der Waals surface area contributed by atoms with E-state index >= 15 is 0 Å². The van der Waals surface area contributed by atoms with Crippen LogP contribution in [0.15, 0.2) is 42.6 Å². The lowest BCUT2D eigenvalue weighted by atomic mass is 9.88. The predicted molar refractivity (Wildman–Crippen MR) is 78.9 cm³/mol. The highest BCUT2D eigenvalue weighted by Gasteiger charge is 2.62. The molecule has 0 amide bonds. The number of methoxy groups -OCH3 is 1. The summed E-state index contributed by atoms with van der Waals surface area (Å²) in [4.78, 5) is 4.11. The summed E-state index contributed by atoms with van der Waals surface area (Å²) in [6.45, 7) is 0. The number of nitrogens with zero attached hydrogens (tertiary/aromatic N) is 1. The van der Waals surface area contributed by atoms with Crippen molar-refractivity contribution in [3.8, 4) is 11.6 Å². The molecule has 0 saturated heterocycles. The summed E-state index contributed by atoms with van der Waals surface area (Å²) >= 11 is 0. The van der Waals surface area contributed by atoms with Crippen molar-refractivity contribution in [1.29, 1.82) is 0 Å². The molecule has 5 nitrogen and oxygen atoms in total. The highest BCUT2D eigenvalue weighted by atomic mass is 16.5. The molecule has 114 valence electrons. The van der Waals surface area contributed by atoms with Crippen molar-refractivity contribution in [1.82, 2.24) is 4.98 Å². The summed E-state index contributed by atoms with van der Waals surface area (Å²) < 4.78 is 11.2. The Hall–Kier alpha value is -2.11. The van der Waals surface area contributed by atoms with E-state index in [-0.39, 0.29) is 5.92 Å². The standard InChI is InChI=1S/C17H17NO4/c1-21-16-14-12(7-8-18-16)17(20)13(19)9-11(15(17)22-14)10-5-3-2-4-6-10/h2-8,11,13,15,19-20H,9H2,1H3. The molecular weight excluding hydrogens is 282 g/mol. The highest BCUT2D eigenvalue weighted by Crippen LogP contribution is 2.57. The molecule has 2 heterocycles. The molecule has 4 rings (SSSR count). The van der Waals surface area contributed by atoms with Crippen LogP contribution in [0, 0.1) is 0 Å². The van der Waals surface area contributed by atoms with Crippen LogP contribution in [0.3, 0.4) is 0 Å². The SMILES string of the molecule is COc1nccc2c1OC1C(c3ccccc3)CC(O)C21O. The molecule has 1 aliphatic carbocycles. The molecule has 1 saturated carbocycles. The number of hydrogen-bond donors (Lipinski definition) is 2. The van der Waals surface area contributed by atoms with Crippen LogP contribution in [0.5, 0.6) is 11.6 Å². The van der Waals surface area contributed by atoms with E-state index in [9.17, 15) is 10.2 Å². The van der Waals surface area contributed by atoms with Crippen molar-refractivity contribution < 1.29 is 19.7 Å². The first-order valence-corrected chi connectivity index (χ1v) is 7.31. The summed E-state index contributed by atoms with van der Waals surface area (Å²) in [6, 6.07) is 11.5. The number of aromatic nitrogens is 1. The number of hydrogen-bond acceptors (Lipinski definition) is 5. The van der Waals surface area contributed by atoms with Gasteiger partial charge in [-0.2, -0.15) is 0 Å². The van der Waals surface area contributed by atoms with Gasteiger partial charge in [-0.1, -0.05) is 30.3 Å². The van der Waals surface area contributed by atoms with Gasteiger partial charge in [0, 0.05) is 17.7 Å². The lowest BCUT2D eigenvalue weighted by Gasteiger charge is -2.26. The van der Waals surface area contributed by atoms with Gasteiger partial charge in [-0.3, -0.25) is 0 Å². The fraction of sp³-hybridized carbons (Fsp3) is 0.353. The molecule has 1 fully saturated rings. The highest BCUT2D eigenvalue weighted by molar-refractivity contribution is 5.52. The number of aliphatic hydroxyl groups is 2. The van der Waals surface area contributed by atoms with Gasteiger partial charge >= 0.3 is 0 Å². The van der Waals surface area contributed by atoms with Gasteiger partial charge in [0.15, 0.2) is 11.4 Å². The molecule has 2 aliphatic rings. The molecule has 4 atom stereocenters. The maximum atomic E-state index is 11.1. The number of benzene rings is 1. The van der Waals surface area contributed by atoms with Crippen molar-refractivity contribution >= 4 is 0 Å². The number of rotatable bonds is 2. The summed E-state index contributed by atoms with van der Waals surface area (Å²) in [5.41, 5.74) is 0.170. The van der Waals surface area contributed by atoms with Gasteiger partial charge in [0.25, 0.3) is 5.88 Å². The maximum Gasteiger partial charge on any atom is 0.257 e. The Morgan fingerprint density at radius 3 is 2.77 bits per heavy atom. The van der Waals surface area contributed by atoms with Crippen LogP contribution in [0.2, 0.25) is 0 Å². The zero-order valence-corrected chi connectivity index (χ0v) is 12.1. The van der Waals surface area contributed by atoms with Crippen molar-refractivity contribution in [2.45, 2.75) is 30.1 Å². The first-order valence-electron chi connectivity index (χ1n) is 7.31. The molecule has 1 aromatic carbocycles. The molecule has 0 radical (unpaired) electrons. The van der Waals surface area contributed by atoms with Crippen molar-refractivity contribution in [2.75, 3.05) is 7.11 Å². The van der Waals surface area contributed by atoms with Crippen LogP contribution in [0.1, 0.15) is 23.5 Å². The van der Waals surface area contributed by atoms with Crippen LogP contribution in [0.4, 0.5) is 0 Å². The quantitative estimate of drug-likeness (QED) is 0.881. The van der Waals surface area contributed by atoms with E-state index in [0.29, 0.717) is 23.6 Å². The Morgan fingerprint density at radius 1 is 1.27 bits per heavy atom. The second-order valence-corrected chi connectivity index (χ2v) is 5.83. The van der Waals surface area contributed by atoms with E-state index in [0.717, 1.165) is 5.56 Å². The molecule has 4 unspecified atom stereocenters. The molecular formula is C17H17NO4. The summed E-state index contributed by atoms with van der Waals surface area (Å²) in [6.07, 6.45) is 0.577. The topological polar surface area (TPSA) is 71.8 Å². The Labute approximate surface area is 128 Å². The molecule has 1 aliphatic heterocycles. The lowest BCUT2D eigenvalue weighted by molar-refractivity contribution is -0.0912. The van der Waals surface area contributed by atoms with Gasteiger partial charge in [-0.05, 0) is 18.1 Å². The minimum Gasteiger partial charge on any atom is -0.480 e. The van der Waals surface area contributed by atoms with E-state index in [1.54, 1.807) is 12.3 Å². The Morgan fingerprint density at radius 2 is 2.05 bits per heavy atom. The number of aliphatic hydroxyl groups excluding tert-OH is 1. The number of fused-ring (bicyclic) bond motifs is 3. The Balaban J connectivity index is 1.82. The average molecular weight is 299 g/mol. The largest absolute Gasteiger partial charge is 0.480 e. The monoisotopic (exact) mass is 299 g/mol. The van der Waals surface area contributed by atoms with Crippen LogP contribution < -0.4 is 9.47 Å². The summed E-state index contributed by atoms with van der Waals surface area (Å²) in [5.74, 6) is 0.676. The second-order valence-electron chi connectivity index (χ2n) is 5.83. The van der Waals surface area contributed by atoms with E-state index < -0.39 is 17.8 Å². The van der Waals surface area contributed by atoms with Crippen molar-refractivity contribution in [3.63, 3.8) is 0 Å². The maximum absolute atomic E-state index is 11.1. The van der Waals surface area contributed by atoms with Crippen molar-refractivity contribution in [2.24, 2.45) is 0 Å². The number of pyridine rings is 1. The van der Waals surface area contributed by atoms with Gasteiger partial charge in [-0.15, -0.1) is 0 Å². The van der Waals surface area contributed by atoms with E-state index in [1.165, 1.54) is 7.11 Å². The van der Waals surface area contributed by atoms with Crippen LogP contribution in [0.25, 0.3) is 0 Å². The smallest absolute Gasteiger partial charge is 0.257 e. The summed E-state index contributed by atoms with van der Waals surface area (Å²) in [5, 5.41) is 21.7. The van der Waals surface area contributed by atoms with Crippen molar-refractivity contribution in [3.05, 3.63) is 53.7 Å². The van der Waals surface area contributed by atoms with Gasteiger partial charge in [-0.25, -0.2) is 4.98 Å². The number of ether oxygens (including phenoxy) is 2. The van der Waals surface area contributed by atoms with Crippen LogP contribution >= 0.6 is 0 Å². The minimum absolute atomic E-state index is 0.0849. The molecule has 2 aromatic rings. The molecule has 1 aromatic heterocycles. The van der Waals surface area contributed by atoms with Gasteiger partial charge in [0.05, 0.1) is 13.2 Å². The Kier molecular flexibility index (Phi) is 2.89. The minimum atomic E-state index is -1.42. The summed E-state index contributed by atoms with van der Waals surface area (Å²) in [7, 11) is 1.51. The fourth-order valence-electron chi connectivity index (χ4n) is 3.69. The first-order chi connectivity index (χ1) is 10.7. The third-order valence-electron chi connectivity index (χ3n) is 4.75. The van der Waals surface area contributed by atoms with Gasteiger partial charge < -0.3 is 19.7 Å². The van der Waals surface area contributed by atoms with Crippen LogP contribution in [-0.2, 0) is 5.60 Å². The molecule has 2 N–H and O–H groups in total. The molecule has 5 heteroatoms. The zero-order valence-electron chi connectivity index (χ0n) is 12.1.